The minimum atomic E-state index is -0.895. The number of benzene rings is 1. The number of carbonyl (C=O) groups excluding carboxylic acids is 1. The Kier molecular flexibility index (Phi) is 7.82. The topological polar surface area (TPSA) is 92.4 Å². The first-order chi connectivity index (χ1) is 16.5. The minimum Gasteiger partial charge on any atom is -0.481 e. The Morgan fingerprint density at radius 2 is 1.91 bits per heavy atom. The first-order valence-corrected chi connectivity index (χ1v) is 13.2. The Hall–Kier alpha value is -2.05. The Morgan fingerprint density at radius 3 is 2.51 bits per heavy atom. The van der Waals surface area contributed by atoms with Gasteiger partial charge in [0.2, 0.25) is 5.91 Å². The van der Waals surface area contributed by atoms with Crippen molar-refractivity contribution >= 4 is 40.8 Å². The van der Waals surface area contributed by atoms with Gasteiger partial charge in [0.05, 0.1) is 16.4 Å². The maximum absolute atomic E-state index is 12.9. The van der Waals surface area contributed by atoms with Gasteiger partial charge in [-0.3, -0.25) is 9.59 Å². The summed E-state index contributed by atoms with van der Waals surface area (Å²) in [7, 11) is 0. The van der Waals surface area contributed by atoms with Crippen LogP contribution in [0, 0.1) is 11.3 Å². The number of aromatic nitrogens is 1. The van der Waals surface area contributed by atoms with Crippen molar-refractivity contribution in [2.24, 2.45) is 11.3 Å². The Bertz CT molecular complexity index is 1080. The Morgan fingerprint density at radius 1 is 1.20 bits per heavy atom. The second kappa shape index (κ2) is 10.5. The van der Waals surface area contributed by atoms with Crippen LogP contribution >= 0.6 is 23.2 Å². The highest BCUT2D eigenvalue weighted by Crippen LogP contribution is 2.53. The van der Waals surface area contributed by atoms with E-state index in [-0.39, 0.29) is 24.7 Å². The van der Waals surface area contributed by atoms with Gasteiger partial charge in [0.15, 0.2) is 0 Å². The van der Waals surface area contributed by atoms with E-state index in [0.29, 0.717) is 51.1 Å². The van der Waals surface area contributed by atoms with Crippen molar-refractivity contribution in [3.63, 3.8) is 0 Å². The quantitative estimate of drug-likeness (QED) is 0.333. The maximum Gasteiger partial charge on any atom is 0.303 e. The number of carboxylic acids is 1. The molecular weight excluding hydrogens is 487 g/mol. The zero-order valence-electron chi connectivity index (χ0n) is 20.6. The van der Waals surface area contributed by atoms with Gasteiger partial charge in [-0.15, -0.1) is 0 Å². The largest absolute Gasteiger partial charge is 0.481 e. The molecule has 0 saturated heterocycles. The SMILES string of the molecule is CC(C)(C)C[C@H]1C[C@@H](c2noc([C@@H](CCC(=O)O)CC(=O)Nc3ccc(Cl)cc3Cl)c2C2CC2)C1. The molecule has 0 spiro atoms. The third-order valence-electron chi connectivity index (χ3n) is 7.01. The molecule has 190 valence electrons. The number of aliphatic carboxylic acids is 1. The fraction of sp³-hybridized carbons (Fsp3) is 0.593. The van der Waals surface area contributed by atoms with E-state index in [9.17, 15) is 14.7 Å². The molecule has 8 heteroatoms. The maximum atomic E-state index is 12.9. The third-order valence-corrected chi connectivity index (χ3v) is 7.56. The molecule has 2 aromatic rings. The lowest BCUT2D eigenvalue weighted by molar-refractivity contribution is -0.137. The van der Waals surface area contributed by atoms with Crippen LogP contribution in [0.5, 0.6) is 0 Å². The fourth-order valence-corrected chi connectivity index (χ4v) is 5.78. The first kappa shape index (κ1) is 26.0. The second-order valence-corrected chi connectivity index (χ2v) is 12.3. The predicted octanol–water partition coefficient (Wildman–Crippen LogP) is 7.77. The summed E-state index contributed by atoms with van der Waals surface area (Å²) >= 11 is 12.2. The molecule has 1 amide bonds. The van der Waals surface area contributed by atoms with Crippen LogP contribution in [0.2, 0.25) is 10.0 Å². The summed E-state index contributed by atoms with van der Waals surface area (Å²) < 4.78 is 5.91. The molecular formula is C27H34Cl2N2O4. The van der Waals surface area contributed by atoms with Crippen LogP contribution in [0.4, 0.5) is 5.69 Å². The van der Waals surface area contributed by atoms with Crippen LogP contribution in [-0.2, 0) is 9.59 Å². The van der Waals surface area contributed by atoms with Gasteiger partial charge < -0.3 is 14.9 Å². The van der Waals surface area contributed by atoms with Crippen LogP contribution in [0.15, 0.2) is 22.7 Å². The highest BCUT2D eigenvalue weighted by atomic mass is 35.5. The summed E-state index contributed by atoms with van der Waals surface area (Å²) in [5, 5.41) is 17.5. The molecule has 0 unspecified atom stereocenters. The molecule has 2 N–H and O–H groups in total. The minimum absolute atomic E-state index is 0.0448. The van der Waals surface area contributed by atoms with Crippen molar-refractivity contribution in [2.75, 3.05) is 5.32 Å². The molecule has 35 heavy (non-hydrogen) atoms. The van der Waals surface area contributed by atoms with Crippen molar-refractivity contribution < 1.29 is 19.2 Å². The van der Waals surface area contributed by atoms with Crippen molar-refractivity contribution in [2.45, 2.75) is 89.9 Å². The van der Waals surface area contributed by atoms with Crippen LogP contribution < -0.4 is 5.32 Å². The highest BCUT2D eigenvalue weighted by molar-refractivity contribution is 6.36. The van der Waals surface area contributed by atoms with Crippen molar-refractivity contribution in [1.82, 2.24) is 5.16 Å². The average molecular weight is 521 g/mol. The Labute approximate surface area is 216 Å². The highest BCUT2D eigenvalue weighted by Gasteiger charge is 2.42. The molecule has 1 aromatic heterocycles. The zero-order chi connectivity index (χ0) is 25.3. The predicted molar refractivity (Wildman–Crippen MR) is 137 cm³/mol. The standard InChI is InChI=1S/C27H34Cl2N2O4/c1-27(2,3)14-15-10-18(11-15)25-24(16-4-5-16)26(35-31-25)17(6-9-23(33)34)12-22(32)30-21-8-7-19(28)13-20(21)29/h7-8,13,15-18H,4-6,9-12,14H2,1-3H3,(H,30,32)(H,33,34)/t15-,17-,18+/m0/s1. The smallest absolute Gasteiger partial charge is 0.303 e. The van der Waals surface area contributed by atoms with Gasteiger partial charge in [-0.2, -0.15) is 0 Å². The number of anilines is 1. The van der Waals surface area contributed by atoms with E-state index in [1.54, 1.807) is 18.2 Å². The summed E-state index contributed by atoms with van der Waals surface area (Å²) in [6.07, 6.45) is 5.94. The lowest BCUT2D eigenvalue weighted by Crippen LogP contribution is -2.27. The van der Waals surface area contributed by atoms with E-state index >= 15 is 0 Å². The second-order valence-electron chi connectivity index (χ2n) is 11.4. The first-order valence-electron chi connectivity index (χ1n) is 12.5. The third kappa shape index (κ3) is 6.79. The number of halogens is 2. The lowest BCUT2D eigenvalue weighted by Gasteiger charge is -2.38. The normalized spacial score (nSPS) is 20.8. The van der Waals surface area contributed by atoms with Gasteiger partial charge in [-0.25, -0.2) is 0 Å². The number of hydrogen-bond acceptors (Lipinski definition) is 4. The number of nitrogens with zero attached hydrogens (tertiary/aromatic N) is 1. The van der Waals surface area contributed by atoms with E-state index in [1.165, 1.54) is 6.42 Å². The number of carboxylic acid groups (broad SMARTS) is 1. The monoisotopic (exact) mass is 520 g/mol. The summed E-state index contributed by atoms with van der Waals surface area (Å²) in [4.78, 5) is 24.3. The number of hydrogen-bond donors (Lipinski definition) is 2. The molecule has 0 aliphatic heterocycles. The molecule has 4 rings (SSSR count). The van der Waals surface area contributed by atoms with Gasteiger partial charge in [0.25, 0.3) is 0 Å². The van der Waals surface area contributed by atoms with E-state index in [0.717, 1.165) is 36.9 Å². The lowest BCUT2D eigenvalue weighted by atomic mass is 9.66. The zero-order valence-corrected chi connectivity index (χ0v) is 22.1. The molecule has 1 aromatic carbocycles. The summed E-state index contributed by atoms with van der Waals surface area (Å²) in [5.41, 5.74) is 2.95. The summed E-state index contributed by atoms with van der Waals surface area (Å²) in [5.74, 6) is 0.669. The molecule has 2 aliphatic carbocycles. The van der Waals surface area contributed by atoms with Crippen LogP contribution in [0.25, 0.3) is 0 Å². The van der Waals surface area contributed by atoms with E-state index in [1.807, 2.05) is 0 Å². The van der Waals surface area contributed by atoms with Gasteiger partial charge in [-0.1, -0.05) is 49.1 Å². The molecule has 2 aliphatic rings. The number of nitrogens with one attached hydrogen (secondary N) is 1. The van der Waals surface area contributed by atoms with Gasteiger partial charge in [0, 0.05) is 35.3 Å². The fourth-order valence-electron chi connectivity index (χ4n) is 5.33. The number of carbonyl (C=O) groups is 2. The summed E-state index contributed by atoms with van der Waals surface area (Å²) in [6.45, 7) is 6.83. The molecule has 2 fully saturated rings. The van der Waals surface area contributed by atoms with Crippen LogP contribution in [0.1, 0.15) is 107 Å². The van der Waals surface area contributed by atoms with Gasteiger partial charge in [-0.05, 0) is 74.0 Å². The van der Waals surface area contributed by atoms with Crippen molar-refractivity contribution in [3.8, 4) is 0 Å². The van der Waals surface area contributed by atoms with Crippen LogP contribution in [0.3, 0.4) is 0 Å². The van der Waals surface area contributed by atoms with Crippen molar-refractivity contribution in [3.05, 3.63) is 45.3 Å². The van der Waals surface area contributed by atoms with Crippen molar-refractivity contribution in [1.29, 1.82) is 0 Å². The number of amides is 1. The molecule has 1 heterocycles. The number of rotatable bonds is 10. The molecule has 2 saturated carbocycles. The molecule has 0 bridgehead atoms. The molecule has 6 nitrogen and oxygen atoms in total. The van der Waals surface area contributed by atoms with E-state index in [4.69, 9.17) is 27.7 Å². The van der Waals surface area contributed by atoms with Gasteiger partial charge >= 0.3 is 5.97 Å². The van der Waals surface area contributed by atoms with E-state index in [2.05, 4.69) is 31.2 Å². The molecule has 0 radical (unpaired) electrons. The average Bonchev–Trinajstić information content (AvgIpc) is 3.47. The van der Waals surface area contributed by atoms with Crippen LogP contribution in [-0.4, -0.2) is 22.1 Å². The van der Waals surface area contributed by atoms with Gasteiger partial charge in [0.1, 0.15) is 5.76 Å². The Balaban J connectivity index is 1.51. The summed E-state index contributed by atoms with van der Waals surface area (Å²) in [6, 6.07) is 4.88. The van der Waals surface area contributed by atoms with E-state index < -0.39 is 5.97 Å². The molecule has 1 atom stereocenters.